The highest BCUT2D eigenvalue weighted by atomic mass is 32.1. The van der Waals surface area contributed by atoms with E-state index in [1.807, 2.05) is 12.1 Å². The molecule has 0 bridgehead atoms. The molecule has 0 radical (unpaired) electrons. The van der Waals surface area contributed by atoms with Crippen molar-refractivity contribution in [2.24, 2.45) is 5.73 Å². The predicted octanol–water partition coefficient (Wildman–Crippen LogP) is 1.84. The fourth-order valence-electron chi connectivity index (χ4n) is 2.18. The maximum Gasteiger partial charge on any atom is 0.226 e. The summed E-state index contributed by atoms with van der Waals surface area (Å²) in [5, 5.41) is 2.80. The van der Waals surface area contributed by atoms with Crippen LogP contribution in [0.25, 0.3) is 0 Å². The molecular formula is C15H20N2O3S. The zero-order valence-corrected chi connectivity index (χ0v) is 12.7. The van der Waals surface area contributed by atoms with Crippen LogP contribution in [0.2, 0.25) is 0 Å². The molecule has 1 aromatic carbocycles. The van der Waals surface area contributed by atoms with Gasteiger partial charge in [-0.2, -0.15) is 0 Å². The summed E-state index contributed by atoms with van der Waals surface area (Å²) in [6.45, 7) is 1.74. The van der Waals surface area contributed by atoms with Crippen molar-refractivity contribution in [1.29, 1.82) is 0 Å². The number of anilines is 1. The molecule has 2 rings (SSSR count). The van der Waals surface area contributed by atoms with Gasteiger partial charge in [-0.25, -0.2) is 0 Å². The largest absolute Gasteiger partial charge is 0.389 e. The summed E-state index contributed by atoms with van der Waals surface area (Å²) >= 11 is 4.96. The van der Waals surface area contributed by atoms with Crippen molar-refractivity contribution in [3.05, 3.63) is 29.8 Å². The molecule has 6 heteroatoms. The molecule has 1 heterocycles. The van der Waals surface area contributed by atoms with Crippen molar-refractivity contribution in [1.82, 2.24) is 0 Å². The van der Waals surface area contributed by atoms with Gasteiger partial charge in [0.15, 0.2) is 0 Å². The molecule has 0 aliphatic carbocycles. The van der Waals surface area contributed by atoms with Crippen LogP contribution in [0.5, 0.6) is 0 Å². The van der Waals surface area contributed by atoms with E-state index in [1.165, 1.54) is 0 Å². The molecule has 0 aromatic heterocycles. The van der Waals surface area contributed by atoms with Crippen molar-refractivity contribution in [3.8, 4) is 0 Å². The maximum absolute atomic E-state index is 11.9. The average molecular weight is 308 g/mol. The predicted molar refractivity (Wildman–Crippen MR) is 85.4 cm³/mol. The number of nitrogens with two attached hydrogens (primary N) is 1. The van der Waals surface area contributed by atoms with E-state index >= 15 is 0 Å². The molecule has 1 aliphatic rings. The molecule has 1 aliphatic heterocycles. The minimum Gasteiger partial charge on any atom is -0.389 e. The van der Waals surface area contributed by atoms with Gasteiger partial charge < -0.3 is 20.5 Å². The van der Waals surface area contributed by atoms with Crippen LogP contribution in [0, 0.1) is 0 Å². The van der Waals surface area contributed by atoms with E-state index in [9.17, 15) is 4.79 Å². The highest BCUT2D eigenvalue weighted by molar-refractivity contribution is 7.80. The molecule has 114 valence electrons. The summed E-state index contributed by atoms with van der Waals surface area (Å²) in [7, 11) is 0. The topological polar surface area (TPSA) is 73.6 Å². The van der Waals surface area contributed by atoms with Gasteiger partial charge in [-0.05, 0) is 25.0 Å². The number of amides is 1. The first-order chi connectivity index (χ1) is 10.2. The molecule has 0 spiro atoms. The lowest BCUT2D eigenvalue weighted by molar-refractivity contribution is -0.117. The monoisotopic (exact) mass is 308 g/mol. The normalized spacial score (nSPS) is 17.6. The second-order valence-corrected chi connectivity index (χ2v) is 5.36. The van der Waals surface area contributed by atoms with Crippen molar-refractivity contribution < 1.29 is 14.3 Å². The first-order valence-electron chi connectivity index (χ1n) is 7.05. The third-order valence-electron chi connectivity index (χ3n) is 3.27. The zero-order valence-electron chi connectivity index (χ0n) is 11.8. The molecule has 1 saturated heterocycles. The molecule has 1 amide bonds. The Balaban J connectivity index is 1.73. The van der Waals surface area contributed by atoms with E-state index in [2.05, 4.69) is 5.32 Å². The summed E-state index contributed by atoms with van der Waals surface area (Å²) in [5.41, 5.74) is 6.92. The SMILES string of the molecule is NC(=S)c1ccccc1NC(=O)CCOCC1CCCO1. The zero-order chi connectivity index (χ0) is 15.1. The van der Waals surface area contributed by atoms with Gasteiger partial charge in [-0.1, -0.05) is 24.4 Å². The van der Waals surface area contributed by atoms with E-state index in [0.717, 1.165) is 19.4 Å². The third-order valence-corrected chi connectivity index (χ3v) is 3.49. The van der Waals surface area contributed by atoms with Gasteiger partial charge in [-0.3, -0.25) is 4.79 Å². The van der Waals surface area contributed by atoms with Gasteiger partial charge in [0.05, 0.1) is 31.4 Å². The van der Waals surface area contributed by atoms with Crippen LogP contribution in [0.1, 0.15) is 24.8 Å². The van der Waals surface area contributed by atoms with E-state index in [1.54, 1.807) is 12.1 Å². The lowest BCUT2D eigenvalue weighted by atomic mass is 10.1. The van der Waals surface area contributed by atoms with Crippen LogP contribution in [-0.2, 0) is 14.3 Å². The van der Waals surface area contributed by atoms with Crippen LogP contribution < -0.4 is 11.1 Å². The van der Waals surface area contributed by atoms with E-state index in [-0.39, 0.29) is 17.0 Å². The third kappa shape index (κ3) is 5.08. The number of benzene rings is 1. The molecule has 1 unspecified atom stereocenters. The maximum atomic E-state index is 11.9. The fraction of sp³-hybridized carbons (Fsp3) is 0.467. The summed E-state index contributed by atoms with van der Waals surface area (Å²) in [5.74, 6) is -0.119. The van der Waals surface area contributed by atoms with Gasteiger partial charge in [0.2, 0.25) is 5.91 Å². The summed E-state index contributed by atoms with van der Waals surface area (Å²) < 4.78 is 10.9. The number of hydrogen-bond acceptors (Lipinski definition) is 4. The summed E-state index contributed by atoms with van der Waals surface area (Å²) in [6.07, 6.45) is 2.60. The number of hydrogen-bond donors (Lipinski definition) is 2. The Morgan fingerprint density at radius 3 is 3.00 bits per heavy atom. The van der Waals surface area contributed by atoms with E-state index in [4.69, 9.17) is 27.4 Å². The molecule has 1 aromatic rings. The van der Waals surface area contributed by atoms with Crippen LogP contribution in [-0.4, -0.2) is 36.8 Å². The number of nitrogens with one attached hydrogen (secondary N) is 1. The summed E-state index contributed by atoms with van der Waals surface area (Å²) in [6, 6.07) is 7.21. The lowest BCUT2D eigenvalue weighted by Gasteiger charge is -2.11. The molecule has 5 nitrogen and oxygen atoms in total. The number of rotatable bonds is 7. The average Bonchev–Trinajstić information content (AvgIpc) is 2.97. The standard InChI is InChI=1S/C15H20N2O3S/c16-15(21)12-5-1-2-6-13(12)17-14(18)7-9-19-10-11-4-3-8-20-11/h1-2,5-6,11H,3-4,7-10H2,(H2,16,21)(H,17,18). The van der Waals surface area contributed by atoms with Gasteiger partial charge in [0, 0.05) is 12.2 Å². The van der Waals surface area contributed by atoms with E-state index in [0.29, 0.717) is 30.9 Å². The smallest absolute Gasteiger partial charge is 0.226 e. The second kappa shape index (κ2) is 8.07. The second-order valence-electron chi connectivity index (χ2n) is 4.92. The van der Waals surface area contributed by atoms with Crippen molar-refractivity contribution >= 4 is 28.8 Å². The Labute approximate surface area is 129 Å². The number of carbonyl (C=O) groups excluding carboxylic acids is 1. The molecule has 0 saturated carbocycles. The van der Waals surface area contributed by atoms with Gasteiger partial charge in [0.1, 0.15) is 4.99 Å². The molecular weight excluding hydrogens is 288 g/mol. The number of thiocarbonyl (C=S) groups is 1. The minimum absolute atomic E-state index is 0.119. The van der Waals surface area contributed by atoms with Gasteiger partial charge >= 0.3 is 0 Å². The first-order valence-corrected chi connectivity index (χ1v) is 7.45. The van der Waals surface area contributed by atoms with Crippen LogP contribution in [0.15, 0.2) is 24.3 Å². The quantitative estimate of drug-likeness (QED) is 0.594. The summed E-state index contributed by atoms with van der Waals surface area (Å²) in [4.78, 5) is 12.1. The van der Waals surface area contributed by atoms with Crippen molar-refractivity contribution in [3.63, 3.8) is 0 Å². The lowest BCUT2D eigenvalue weighted by Crippen LogP contribution is -2.20. The van der Waals surface area contributed by atoms with Crippen molar-refractivity contribution in [2.75, 3.05) is 25.1 Å². The van der Waals surface area contributed by atoms with Crippen LogP contribution in [0.3, 0.4) is 0 Å². The first kappa shape index (κ1) is 15.9. The highest BCUT2D eigenvalue weighted by Crippen LogP contribution is 2.15. The van der Waals surface area contributed by atoms with E-state index < -0.39 is 0 Å². The minimum atomic E-state index is -0.119. The van der Waals surface area contributed by atoms with Crippen LogP contribution >= 0.6 is 12.2 Å². The molecule has 1 atom stereocenters. The molecule has 1 fully saturated rings. The number of carbonyl (C=O) groups is 1. The molecule has 21 heavy (non-hydrogen) atoms. The Morgan fingerprint density at radius 1 is 1.48 bits per heavy atom. The Morgan fingerprint density at radius 2 is 2.29 bits per heavy atom. The van der Waals surface area contributed by atoms with Crippen LogP contribution in [0.4, 0.5) is 5.69 Å². The number of para-hydroxylation sites is 1. The fourth-order valence-corrected chi connectivity index (χ4v) is 2.35. The number of ether oxygens (including phenoxy) is 2. The van der Waals surface area contributed by atoms with Gasteiger partial charge in [-0.15, -0.1) is 0 Å². The Hall–Kier alpha value is -1.50. The van der Waals surface area contributed by atoms with Gasteiger partial charge in [0.25, 0.3) is 0 Å². The van der Waals surface area contributed by atoms with Crippen molar-refractivity contribution in [2.45, 2.75) is 25.4 Å². The Kier molecular flexibility index (Phi) is 6.10. The highest BCUT2D eigenvalue weighted by Gasteiger charge is 2.15. The molecule has 3 N–H and O–H groups in total. The Bertz CT molecular complexity index is 501.